The van der Waals surface area contributed by atoms with Crippen LogP contribution in [0.2, 0.25) is 10.0 Å². The predicted octanol–water partition coefficient (Wildman–Crippen LogP) is 4.66. The van der Waals surface area contributed by atoms with Crippen molar-refractivity contribution in [2.75, 3.05) is 5.32 Å². The molecular weight excluding hydrogens is 349 g/mol. The summed E-state index contributed by atoms with van der Waals surface area (Å²) in [4.78, 5) is 0. The largest absolute Gasteiger partial charge is 0.378 e. The van der Waals surface area contributed by atoms with Gasteiger partial charge in [0.15, 0.2) is 0 Å². The number of nitrogens with one attached hydrogen (secondary N) is 1. The molecule has 2 rings (SSSR count). The van der Waals surface area contributed by atoms with E-state index < -0.39 is 0 Å². The maximum Gasteiger partial charge on any atom is 0.0868 e. The number of nitrogens with zero attached hydrogens (tertiary/aromatic N) is 2. The lowest BCUT2D eigenvalue weighted by Crippen LogP contribution is -2.06. The summed E-state index contributed by atoms with van der Waals surface area (Å²) >= 11 is 15.7. The quantitative estimate of drug-likeness (QED) is 0.856. The van der Waals surface area contributed by atoms with Crippen LogP contribution in [-0.2, 0) is 20.0 Å². The molecule has 0 unspecified atom stereocenters. The van der Waals surface area contributed by atoms with Crippen LogP contribution in [-0.4, -0.2) is 9.78 Å². The minimum atomic E-state index is 0.614. The van der Waals surface area contributed by atoms with Gasteiger partial charge in [0.25, 0.3) is 0 Å². The Morgan fingerprint density at radius 1 is 1.37 bits per heavy atom. The highest BCUT2D eigenvalue weighted by molar-refractivity contribution is 9.10. The van der Waals surface area contributed by atoms with Gasteiger partial charge in [-0.3, -0.25) is 4.68 Å². The van der Waals surface area contributed by atoms with Crippen molar-refractivity contribution in [3.8, 4) is 0 Å². The lowest BCUT2D eigenvalue weighted by molar-refractivity contribution is 0.707. The summed E-state index contributed by atoms with van der Waals surface area (Å²) < 4.78 is 2.74. The van der Waals surface area contributed by atoms with Crippen LogP contribution in [0.3, 0.4) is 0 Å². The third-order valence-corrected chi connectivity index (χ3v) is 4.21. The summed E-state index contributed by atoms with van der Waals surface area (Å²) in [6, 6.07) is 5.63. The molecule has 1 aromatic heterocycles. The van der Waals surface area contributed by atoms with Gasteiger partial charge >= 0.3 is 0 Å². The zero-order chi connectivity index (χ0) is 14.0. The molecule has 2 aromatic rings. The van der Waals surface area contributed by atoms with Crippen LogP contribution in [0, 0.1) is 0 Å². The van der Waals surface area contributed by atoms with Gasteiger partial charge in [-0.25, -0.2) is 0 Å². The van der Waals surface area contributed by atoms with Crippen molar-refractivity contribution < 1.29 is 0 Å². The summed E-state index contributed by atoms with van der Waals surface area (Å²) in [5, 5.41) is 9.15. The number of benzene rings is 1. The fourth-order valence-corrected chi connectivity index (χ4v) is 3.01. The van der Waals surface area contributed by atoms with Gasteiger partial charge in [-0.15, -0.1) is 0 Å². The molecule has 0 saturated heterocycles. The van der Waals surface area contributed by atoms with E-state index in [9.17, 15) is 0 Å². The lowest BCUT2D eigenvalue weighted by atomic mass is 10.3. The number of halogens is 3. The maximum atomic E-state index is 6.30. The Hall–Kier alpha value is -0.710. The Kier molecular flexibility index (Phi) is 4.76. The number of hydrogen-bond acceptors (Lipinski definition) is 2. The van der Waals surface area contributed by atoms with Crippen LogP contribution in [0.1, 0.15) is 18.3 Å². The van der Waals surface area contributed by atoms with Crippen molar-refractivity contribution >= 4 is 44.8 Å². The van der Waals surface area contributed by atoms with Crippen LogP contribution in [0.15, 0.2) is 22.7 Å². The first-order valence-electron chi connectivity index (χ1n) is 5.92. The van der Waals surface area contributed by atoms with E-state index in [4.69, 9.17) is 23.2 Å². The van der Waals surface area contributed by atoms with Crippen molar-refractivity contribution in [3.63, 3.8) is 0 Å². The molecule has 1 aromatic carbocycles. The minimum absolute atomic E-state index is 0.614. The minimum Gasteiger partial charge on any atom is -0.378 e. The molecule has 0 aliphatic rings. The molecule has 0 amide bonds. The molecule has 0 fully saturated rings. The highest BCUT2D eigenvalue weighted by Gasteiger charge is 2.12. The SMILES string of the molecule is CCc1nn(C)c(CNc2ccc(Cl)cc2Br)c1Cl. The smallest absolute Gasteiger partial charge is 0.0868 e. The predicted molar refractivity (Wildman–Crippen MR) is 84.1 cm³/mol. The monoisotopic (exact) mass is 361 g/mol. The standard InChI is InChI=1S/C13H14BrCl2N3/c1-3-10-13(16)12(19(2)18-10)7-17-11-5-4-8(15)6-9(11)14/h4-6,17H,3,7H2,1-2H3. The number of aryl methyl sites for hydroxylation is 2. The van der Waals surface area contributed by atoms with Gasteiger partial charge in [0.2, 0.25) is 0 Å². The normalized spacial score (nSPS) is 10.8. The molecule has 6 heteroatoms. The van der Waals surface area contributed by atoms with Gasteiger partial charge in [-0.1, -0.05) is 30.1 Å². The molecule has 19 heavy (non-hydrogen) atoms. The van der Waals surface area contributed by atoms with Gasteiger partial charge in [-0.2, -0.15) is 5.10 Å². The topological polar surface area (TPSA) is 29.9 Å². The molecule has 3 nitrogen and oxygen atoms in total. The Balaban J connectivity index is 2.16. The maximum absolute atomic E-state index is 6.30. The van der Waals surface area contributed by atoms with Crippen LogP contribution in [0.4, 0.5) is 5.69 Å². The zero-order valence-corrected chi connectivity index (χ0v) is 13.8. The first-order valence-corrected chi connectivity index (χ1v) is 7.47. The van der Waals surface area contributed by atoms with E-state index in [-0.39, 0.29) is 0 Å². The molecule has 102 valence electrons. The fourth-order valence-electron chi connectivity index (χ4n) is 1.82. The first-order chi connectivity index (χ1) is 9.02. The molecule has 0 spiro atoms. The molecule has 1 N–H and O–H groups in total. The average Bonchev–Trinajstić information content (AvgIpc) is 2.64. The van der Waals surface area contributed by atoms with Crippen molar-refractivity contribution in [2.24, 2.45) is 7.05 Å². The van der Waals surface area contributed by atoms with Crippen molar-refractivity contribution in [2.45, 2.75) is 19.9 Å². The summed E-state index contributed by atoms with van der Waals surface area (Å²) in [5.74, 6) is 0. The molecule has 0 radical (unpaired) electrons. The van der Waals surface area contributed by atoms with E-state index in [1.54, 1.807) is 0 Å². The number of hydrogen-bond donors (Lipinski definition) is 1. The lowest BCUT2D eigenvalue weighted by Gasteiger charge is -2.09. The fraction of sp³-hybridized carbons (Fsp3) is 0.308. The number of rotatable bonds is 4. The highest BCUT2D eigenvalue weighted by Crippen LogP contribution is 2.27. The molecule has 1 heterocycles. The molecule has 0 saturated carbocycles. The number of anilines is 1. The van der Waals surface area contributed by atoms with Crippen LogP contribution < -0.4 is 5.32 Å². The Morgan fingerprint density at radius 3 is 2.68 bits per heavy atom. The van der Waals surface area contributed by atoms with E-state index in [0.29, 0.717) is 11.6 Å². The van der Waals surface area contributed by atoms with E-state index in [2.05, 4.69) is 26.3 Å². The van der Waals surface area contributed by atoms with Crippen molar-refractivity contribution in [3.05, 3.63) is 44.1 Å². The molecule has 0 atom stereocenters. The van der Waals surface area contributed by atoms with E-state index in [1.807, 2.05) is 36.9 Å². The summed E-state index contributed by atoms with van der Waals surface area (Å²) in [6.45, 7) is 2.66. The van der Waals surface area contributed by atoms with E-state index in [1.165, 1.54) is 0 Å². The third-order valence-electron chi connectivity index (χ3n) is 2.88. The second kappa shape index (κ2) is 6.16. The summed E-state index contributed by atoms with van der Waals surface area (Å²) in [6.07, 6.45) is 0.831. The Morgan fingerprint density at radius 2 is 2.11 bits per heavy atom. The Bertz CT molecular complexity index is 596. The molecule has 0 bridgehead atoms. The average molecular weight is 363 g/mol. The second-order valence-electron chi connectivity index (χ2n) is 4.16. The highest BCUT2D eigenvalue weighted by atomic mass is 79.9. The van der Waals surface area contributed by atoms with Gasteiger partial charge in [0.05, 0.1) is 23.0 Å². The van der Waals surface area contributed by atoms with Gasteiger partial charge in [0, 0.05) is 22.2 Å². The number of aromatic nitrogens is 2. The van der Waals surface area contributed by atoms with Gasteiger partial charge in [-0.05, 0) is 40.5 Å². The third kappa shape index (κ3) is 3.25. The van der Waals surface area contributed by atoms with E-state index >= 15 is 0 Å². The van der Waals surface area contributed by atoms with Crippen LogP contribution >= 0.6 is 39.1 Å². The molecule has 0 aliphatic heterocycles. The molecular formula is C13H14BrCl2N3. The second-order valence-corrected chi connectivity index (χ2v) is 5.83. The van der Waals surface area contributed by atoms with Crippen molar-refractivity contribution in [1.29, 1.82) is 0 Å². The van der Waals surface area contributed by atoms with Crippen LogP contribution in [0.25, 0.3) is 0 Å². The first kappa shape index (κ1) is 14.7. The van der Waals surface area contributed by atoms with Gasteiger partial charge in [0.1, 0.15) is 0 Å². The van der Waals surface area contributed by atoms with Crippen molar-refractivity contribution in [1.82, 2.24) is 9.78 Å². The van der Waals surface area contributed by atoms with Crippen LogP contribution in [0.5, 0.6) is 0 Å². The summed E-state index contributed by atoms with van der Waals surface area (Å²) in [5.41, 5.74) is 2.87. The van der Waals surface area contributed by atoms with E-state index in [0.717, 1.165) is 33.0 Å². The summed E-state index contributed by atoms with van der Waals surface area (Å²) in [7, 11) is 1.90. The Labute approximate surface area is 131 Å². The molecule has 0 aliphatic carbocycles. The van der Waals surface area contributed by atoms with Gasteiger partial charge < -0.3 is 5.32 Å². The zero-order valence-electron chi connectivity index (χ0n) is 10.7.